The van der Waals surface area contributed by atoms with Gasteiger partial charge in [-0.3, -0.25) is 9.10 Å². The van der Waals surface area contributed by atoms with E-state index in [-0.39, 0.29) is 21.5 Å². The second-order valence-electron chi connectivity index (χ2n) is 7.55. The Labute approximate surface area is 197 Å². The van der Waals surface area contributed by atoms with E-state index in [0.717, 1.165) is 9.87 Å². The lowest BCUT2D eigenvalue weighted by Gasteiger charge is -2.22. The lowest BCUT2D eigenvalue weighted by atomic mass is 10.1. The number of nitrogens with one attached hydrogen (secondary N) is 1. The number of carbonyl (C=O) groups is 1. The highest BCUT2D eigenvalue weighted by molar-refractivity contribution is 7.93. The van der Waals surface area contributed by atoms with Crippen molar-refractivity contribution in [3.63, 3.8) is 0 Å². The van der Waals surface area contributed by atoms with Crippen LogP contribution < -0.4 is 19.1 Å². The first-order chi connectivity index (χ1) is 15.8. The second-order valence-corrected chi connectivity index (χ2v) is 9.90. The highest BCUT2D eigenvalue weighted by atomic mass is 35.5. The van der Waals surface area contributed by atoms with E-state index in [1.165, 1.54) is 25.2 Å². The summed E-state index contributed by atoms with van der Waals surface area (Å²) in [5.74, 6) is 0.871. The topological polar surface area (TPSA) is 84.9 Å². The van der Waals surface area contributed by atoms with Crippen molar-refractivity contribution < 1.29 is 22.7 Å². The van der Waals surface area contributed by atoms with E-state index in [2.05, 4.69) is 5.32 Å². The molecule has 0 fully saturated rings. The minimum Gasteiger partial charge on any atom is -0.486 e. The van der Waals surface area contributed by atoms with Gasteiger partial charge >= 0.3 is 0 Å². The molecule has 1 atom stereocenters. The van der Waals surface area contributed by atoms with Crippen LogP contribution >= 0.6 is 11.6 Å². The summed E-state index contributed by atoms with van der Waals surface area (Å²) >= 11 is 6.22. The Bertz CT molecular complexity index is 1280. The average molecular weight is 487 g/mol. The molecule has 33 heavy (non-hydrogen) atoms. The first-order valence-electron chi connectivity index (χ1n) is 10.3. The molecular weight excluding hydrogens is 464 g/mol. The van der Waals surface area contributed by atoms with Crippen LogP contribution in [0.3, 0.4) is 0 Å². The molecule has 3 aromatic rings. The Hall–Kier alpha value is -3.23. The van der Waals surface area contributed by atoms with E-state index in [0.29, 0.717) is 30.4 Å². The average Bonchev–Trinajstić information content (AvgIpc) is 2.83. The van der Waals surface area contributed by atoms with Crippen molar-refractivity contribution in [1.29, 1.82) is 0 Å². The lowest BCUT2D eigenvalue weighted by Crippen LogP contribution is -2.29. The molecule has 1 N–H and O–H groups in total. The fourth-order valence-corrected chi connectivity index (χ4v) is 5.15. The van der Waals surface area contributed by atoms with Crippen molar-refractivity contribution in [3.05, 3.63) is 82.9 Å². The zero-order chi connectivity index (χ0) is 23.6. The van der Waals surface area contributed by atoms with E-state index in [4.69, 9.17) is 21.1 Å². The molecule has 0 radical (unpaired) electrons. The van der Waals surface area contributed by atoms with Gasteiger partial charge in [-0.2, -0.15) is 0 Å². The molecule has 1 aliphatic heterocycles. The van der Waals surface area contributed by atoms with Crippen LogP contribution in [-0.4, -0.2) is 34.6 Å². The number of halogens is 1. The molecule has 9 heteroatoms. The molecule has 0 aromatic heterocycles. The third-order valence-electron chi connectivity index (χ3n) is 5.37. The highest BCUT2D eigenvalue weighted by Crippen LogP contribution is 2.33. The second kappa shape index (κ2) is 9.33. The minimum absolute atomic E-state index is 0.0363. The standard InChI is InChI=1S/C24H23ClN2O5S/c1-16(17-9-11-21-22(14-17)32-13-12-31-21)26-24(28)18-8-10-20(25)23(15-18)33(29,30)27(2)19-6-4-3-5-7-19/h3-11,14-16H,12-13H2,1-2H3,(H,26,28)/t16-/m1/s1. The van der Waals surface area contributed by atoms with Gasteiger partial charge in [-0.15, -0.1) is 0 Å². The molecule has 1 heterocycles. The van der Waals surface area contributed by atoms with Crippen molar-refractivity contribution in [2.24, 2.45) is 0 Å². The van der Waals surface area contributed by atoms with E-state index in [9.17, 15) is 13.2 Å². The number of amides is 1. The molecule has 0 unspecified atom stereocenters. The molecular formula is C24H23ClN2O5S. The predicted molar refractivity (Wildman–Crippen MR) is 127 cm³/mol. The van der Waals surface area contributed by atoms with Gasteiger partial charge in [0.15, 0.2) is 11.5 Å². The van der Waals surface area contributed by atoms with Crippen LogP contribution in [0.25, 0.3) is 0 Å². The fraction of sp³-hybridized carbons (Fsp3) is 0.208. The third-order valence-corrected chi connectivity index (χ3v) is 7.63. The molecule has 0 saturated carbocycles. The van der Waals surface area contributed by atoms with Crippen LogP contribution in [0.2, 0.25) is 5.02 Å². The largest absolute Gasteiger partial charge is 0.486 e. The minimum atomic E-state index is -3.98. The van der Waals surface area contributed by atoms with E-state index >= 15 is 0 Å². The molecule has 4 rings (SSSR count). The zero-order valence-electron chi connectivity index (χ0n) is 18.1. The molecule has 0 bridgehead atoms. The molecule has 0 saturated heterocycles. The number of para-hydroxylation sites is 1. The van der Waals surface area contributed by atoms with Crippen molar-refractivity contribution in [1.82, 2.24) is 5.32 Å². The Morgan fingerprint density at radius 3 is 2.42 bits per heavy atom. The number of ether oxygens (including phenoxy) is 2. The summed E-state index contributed by atoms with van der Waals surface area (Å²) in [7, 11) is -2.54. The summed E-state index contributed by atoms with van der Waals surface area (Å²) in [6.45, 7) is 2.80. The van der Waals surface area contributed by atoms with Crippen LogP contribution in [0.5, 0.6) is 11.5 Å². The van der Waals surface area contributed by atoms with Crippen LogP contribution in [0, 0.1) is 0 Å². The molecule has 0 aliphatic carbocycles. The van der Waals surface area contributed by atoms with Crippen LogP contribution in [0.15, 0.2) is 71.6 Å². The van der Waals surface area contributed by atoms with Crippen molar-refractivity contribution in [3.8, 4) is 11.5 Å². The summed E-state index contributed by atoms with van der Waals surface area (Å²) in [4.78, 5) is 12.8. The number of fused-ring (bicyclic) bond motifs is 1. The number of benzene rings is 3. The van der Waals surface area contributed by atoms with Crippen molar-refractivity contribution in [2.45, 2.75) is 17.9 Å². The number of carbonyl (C=O) groups excluding carboxylic acids is 1. The Kier molecular flexibility index (Phi) is 6.49. The van der Waals surface area contributed by atoms with Crippen LogP contribution in [0.4, 0.5) is 5.69 Å². The van der Waals surface area contributed by atoms with Gasteiger partial charge in [-0.05, 0) is 55.0 Å². The van der Waals surface area contributed by atoms with Gasteiger partial charge in [-0.25, -0.2) is 8.42 Å². The van der Waals surface area contributed by atoms with E-state index < -0.39 is 15.9 Å². The maximum absolute atomic E-state index is 13.2. The summed E-state index contributed by atoms with van der Waals surface area (Å²) in [5, 5.41) is 2.93. The highest BCUT2D eigenvalue weighted by Gasteiger charge is 2.26. The van der Waals surface area contributed by atoms with Crippen LogP contribution in [0.1, 0.15) is 28.9 Å². The monoisotopic (exact) mass is 486 g/mol. The fourth-order valence-electron chi connectivity index (χ4n) is 3.46. The molecule has 3 aromatic carbocycles. The molecule has 172 valence electrons. The molecule has 0 spiro atoms. The lowest BCUT2D eigenvalue weighted by molar-refractivity contribution is 0.0939. The molecule has 7 nitrogen and oxygen atoms in total. The first-order valence-corrected chi connectivity index (χ1v) is 12.1. The van der Waals surface area contributed by atoms with Gasteiger partial charge in [0.25, 0.3) is 15.9 Å². The summed E-state index contributed by atoms with van der Waals surface area (Å²) < 4.78 is 38.7. The Morgan fingerprint density at radius 1 is 1.00 bits per heavy atom. The van der Waals surface area contributed by atoms with E-state index in [1.54, 1.807) is 36.4 Å². The number of rotatable bonds is 6. The number of nitrogens with zero attached hydrogens (tertiary/aromatic N) is 1. The summed E-state index contributed by atoms with van der Waals surface area (Å²) in [5.41, 5.74) is 1.50. The van der Waals surface area contributed by atoms with Gasteiger partial charge in [-0.1, -0.05) is 35.9 Å². The Balaban J connectivity index is 1.56. The van der Waals surface area contributed by atoms with Crippen molar-refractivity contribution >= 4 is 33.2 Å². The third kappa shape index (κ3) is 4.77. The van der Waals surface area contributed by atoms with E-state index in [1.807, 2.05) is 19.1 Å². The Morgan fingerprint density at radius 2 is 1.70 bits per heavy atom. The quantitative estimate of drug-likeness (QED) is 0.557. The summed E-state index contributed by atoms with van der Waals surface area (Å²) in [6, 6.07) is 18.0. The predicted octanol–water partition coefficient (Wildman–Crippen LogP) is 4.43. The summed E-state index contributed by atoms with van der Waals surface area (Å²) in [6.07, 6.45) is 0. The van der Waals surface area contributed by atoms with Crippen LogP contribution in [-0.2, 0) is 10.0 Å². The molecule has 1 amide bonds. The number of hydrogen-bond acceptors (Lipinski definition) is 5. The zero-order valence-corrected chi connectivity index (χ0v) is 19.7. The van der Waals surface area contributed by atoms with Gasteiger partial charge in [0.1, 0.15) is 18.1 Å². The smallest absolute Gasteiger partial charge is 0.265 e. The normalized spacial score (nSPS) is 13.8. The number of anilines is 1. The van der Waals surface area contributed by atoms with Gasteiger partial charge in [0.05, 0.1) is 16.8 Å². The molecule has 1 aliphatic rings. The van der Waals surface area contributed by atoms with Gasteiger partial charge < -0.3 is 14.8 Å². The number of sulfonamides is 1. The maximum Gasteiger partial charge on any atom is 0.265 e. The van der Waals surface area contributed by atoms with Gasteiger partial charge in [0.2, 0.25) is 0 Å². The van der Waals surface area contributed by atoms with Crippen molar-refractivity contribution in [2.75, 3.05) is 24.6 Å². The first kappa shape index (κ1) is 22.9. The SMILES string of the molecule is C[C@@H](NC(=O)c1ccc(Cl)c(S(=O)(=O)N(C)c2ccccc2)c1)c1ccc2c(c1)OCCO2. The van der Waals surface area contributed by atoms with Gasteiger partial charge in [0, 0.05) is 12.6 Å². The maximum atomic E-state index is 13.2. The number of hydrogen-bond donors (Lipinski definition) is 1.